The number of nitro benzene ring substituents is 1. The number of hydrogen-bond acceptors (Lipinski definition) is 6. The third kappa shape index (κ3) is 5.97. The lowest BCUT2D eigenvalue weighted by Crippen LogP contribution is -2.29. The Bertz CT molecular complexity index is 1590. The van der Waals surface area contributed by atoms with Crippen molar-refractivity contribution in [1.82, 2.24) is 9.66 Å². The van der Waals surface area contributed by atoms with Crippen LogP contribution in [-0.2, 0) is 12.0 Å². The van der Waals surface area contributed by atoms with Gasteiger partial charge in [0.1, 0.15) is 12.4 Å². The molecule has 0 saturated heterocycles. The third-order valence-electron chi connectivity index (χ3n) is 5.55. The van der Waals surface area contributed by atoms with Gasteiger partial charge in [-0.2, -0.15) is 9.78 Å². The number of nitrogens with zero attached hydrogens (tertiary/aromatic N) is 4. The molecule has 0 radical (unpaired) electrons. The normalized spacial score (nSPS) is 11.8. The van der Waals surface area contributed by atoms with E-state index in [0.29, 0.717) is 26.8 Å². The summed E-state index contributed by atoms with van der Waals surface area (Å²) in [6.07, 6.45) is 1.39. The van der Waals surface area contributed by atoms with Crippen LogP contribution in [-0.4, -0.2) is 20.8 Å². The van der Waals surface area contributed by atoms with Gasteiger partial charge in [-0.1, -0.05) is 82.5 Å². The fraction of sp³-hybridized carbons (Fsp3) is 0.222. The van der Waals surface area contributed by atoms with Crippen LogP contribution in [0.15, 0.2) is 73.4 Å². The van der Waals surface area contributed by atoms with Crippen molar-refractivity contribution in [3.63, 3.8) is 0 Å². The molecule has 1 aromatic heterocycles. The number of benzene rings is 3. The summed E-state index contributed by atoms with van der Waals surface area (Å²) in [5.74, 6) is 0.509. The molecule has 37 heavy (non-hydrogen) atoms. The van der Waals surface area contributed by atoms with E-state index in [1.54, 1.807) is 18.2 Å². The second-order valence-corrected chi connectivity index (χ2v) is 11.4. The van der Waals surface area contributed by atoms with Crippen LogP contribution in [0.2, 0.25) is 0 Å². The maximum absolute atomic E-state index is 13.5. The van der Waals surface area contributed by atoms with Gasteiger partial charge in [-0.05, 0) is 36.8 Å². The molecule has 0 fully saturated rings. The van der Waals surface area contributed by atoms with Crippen molar-refractivity contribution in [1.29, 1.82) is 0 Å². The van der Waals surface area contributed by atoms with Crippen molar-refractivity contribution < 1.29 is 9.66 Å². The van der Waals surface area contributed by atoms with Gasteiger partial charge >= 0.3 is 5.69 Å². The van der Waals surface area contributed by atoms with Gasteiger partial charge in [0, 0.05) is 26.0 Å². The van der Waals surface area contributed by atoms with Crippen molar-refractivity contribution in [3.05, 3.63) is 107 Å². The smallest absolute Gasteiger partial charge is 0.312 e. The Morgan fingerprint density at radius 2 is 1.78 bits per heavy atom. The van der Waals surface area contributed by atoms with Crippen LogP contribution < -0.4 is 10.3 Å². The monoisotopic (exact) mass is 626 g/mol. The minimum Gasteiger partial charge on any atom is -0.481 e. The molecule has 0 saturated carbocycles. The van der Waals surface area contributed by atoms with Crippen LogP contribution >= 0.6 is 31.9 Å². The lowest BCUT2D eigenvalue weighted by atomic mass is 9.95. The minimum atomic E-state index is -0.508. The number of rotatable bonds is 6. The molecule has 1 heterocycles. The van der Waals surface area contributed by atoms with Crippen LogP contribution in [0.1, 0.15) is 43.3 Å². The van der Waals surface area contributed by atoms with Crippen molar-refractivity contribution in [2.45, 2.75) is 39.7 Å². The number of hydrogen-bond donors (Lipinski definition) is 0. The molecule has 4 aromatic rings. The number of nitro groups is 1. The second kappa shape index (κ2) is 10.5. The molecular weight excluding hydrogens is 604 g/mol. The SMILES string of the molecule is Cc1ccc(COc2c(C=Nn3c(C(C)(C)C)nc4ccc(Br)cc4c3=O)cc(Br)cc2[N+](=O)[O-])cc1. The molecule has 190 valence electrons. The largest absolute Gasteiger partial charge is 0.481 e. The van der Waals surface area contributed by atoms with Crippen molar-refractivity contribution in [3.8, 4) is 5.75 Å². The van der Waals surface area contributed by atoms with E-state index in [1.165, 1.54) is 17.0 Å². The van der Waals surface area contributed by atoms with E-state index in [9.17, 15) is 14.9 Å². The minimum absolute atomic E-state index is 0.0550. The highest BCUT2D eigenvalue weighted by molar-refractivity contribution is 9.10. The number of halogens is 2. The highest BCUT2D eigenvalue weighted by Gasteiger charge is 2.24. The summed E-state index contributed by atoms with van der Waals surface area (Å²) in [4.78, 5) is 29.5. The molecule has 0 spiro atoms. The van der Waals surface area contributed by atoms with Gasteiger partial charge in [0.25, 0.3) is 5.56 Å². The first-order valence-corrected chi connectivity index (χ1v) is 13.0. The van der Waals surface area contributed by atoms with Gasteiger partial charge in [0.05, 0.1) is 22.0 Å². The van der Waals surface area contributed by atoms with Gasteiger partial charge < -0.3 is 4.74 Å². The fourth-order valence-corrected chi connectivity index (χ4v) is 4.51. The quantitative estimate of drug-likeness (QED) is 0.132. The maximum atomic E-state index is 13.5. The first-order chi connectivity index (χ1) is 17.4. The zero-order chi connectivity index (χ0) is 26.9. The zero-order valence-corrected chi connectivity index (χ0v) is 23.8. The summed E-state index contributed by atoms with van der Waals surface area (Å²) < 4.78 is 8.41. The van der Waals surface area contributed by atoms with E-state index < -0.39 is 10.3 Å². The Balaban J connectivity index is 1.85. The predicted octanol–water partition coefficient (Wildman–Crippen LogP) is 6.90. The molecule has 0 aliphatic carbocycles. The maximum Gasteiger partial charge on any atom is 0.312 e. The number of ether oxygens (including phenoxy) is 1. The molecule has 0 unspecified atom stereocenters. The fourth-order valence-electron chi connectivity index (χ4n) is 3.69. The van der Waals surface area contributed by atoms with Crippen molar-refractivity contribution >= 4 is 54.7 Å². The summed E-state index contributed by atoms with van der Waals surface area (Å²) in [6, 6.07) is 16.0. The molecule has 3 aromatic carbocycles. The number of aryl methyl sites for hydroxylation is 1. The molecule has 10 heteroatoms. The van der Waals surface area contributed by atoms with E-state index >= 15 is 0 Å². The summed E-state index contributed by atoms with van der Waals surface area (Å²) in [6.45, 7) is 7.91. The first-order valence-electron chi connectivity index (χ1n) is 11.4. The van der Waals surface area contributed by atoms with E-state index in [1.807, 2.05) is 58.0 Å². The molecule has 4 rings (SSSR count). The molecular formula is C27H24Br2N4O4. The Kier molecular flexibility index (Phi) is 7.61. The predicted molar refractivity (Wildman–Crippen MR) is 152 cm³/mol. The summed E-state index contributed by atoms with van der Waals surface area (Å²) in [5, 5.41) is 16.7. The first kappa shape index (κ1) is 26.7. The summed E-state index contributed by atoms with van der Waals surface area (Å²) in [5.41, 5.74) is 1.79. The van der Waals surface area contributed by atoms with Crippen LogP contribution in [0.3, 0.4) is 0 Å². The summed E-state index contributed by atoms with van der Waals surface area (Å²) >= 11 is 6.74. The number of aromatic nitrogens is 2. The van der Waals surface area contributed by atoms with E-state index in [4.69, 9.17) is 9.72 Å². The Labute approximate surface area is 230 Å². The summed E-state index contributed by atoms with van der Waals surface area (Å²) in [7, 11) is 0. The highest BCUT2D eigenvalue weighted by Crippen LogP contribution is 2.34. The van der Waals surface area contributed by atoms with Gasteiger partial charge in [-0.25, -0.2) is 4.98 Å². The van der Waals surface area contributed by atoms with E-state index in [0.717, 1.165) is 15.6 Å². The van der Waals surface area contributed by atoms with E-state index in [2.05, 4.69) is 37.0 Å². The van der Waals surface area contributed by atoms with Crippen LogP contribution in [0.4, 0.5) is 5.69 Å². The van der Waals surface area contributed by atoms with Gasteiger partial charge in [-0.3, -0.25) is 14.9 Å². The third-order valence-corrected chi connectivity index (χ3v) is 6.51. The standard InChI is InChI=1S/C27H24Br2N4O4/c1-16-5-7-17(8-6-16)15-37-24-18(11-20(29)13-23(24)33(35)36)14-30-32-25(34)21-12-19(28)9-10-22(21)31-26(32)27(2,3)4/h5-14H,15H2,1-4H3. The Morgan fingerprint density at radius 1 is 1.08 bits per heavy atom. The highest BCUT2D eigenvalue weighted by atomic mass is 79.9. The lowest BCUT2D eigenvalue weighted by Gasteiger charge is -2.21. The topological polar surface area (TPSA) is 99.6 Å². The van der Waals surface area contributed by atoms with Gasteiger partial charge in [0.2, 0.25) is 5.75 Å². The molecule has 8 nitrogen and oxygen atoms in total. The van der Waals surface area contributed by atoms with Crippen molar-refractivity contribution in [2.75, 3.05) is 0 Å². The van der Waals surface area contributed by atoms with Crippen LogP contribution in [0.25, 0.3) is 10.9 Å². The number of fused-ring (bicyclic) bond motifs is 1. The Hall–Kier alpha value is -3.37. The molecule has 0 aliphatic heterocycles. The van der Waals surface area contributed by atoms with Crippen molar-refractivity contribution in [2.24, 2.45) is 5.10 Å². The van der Waals surface area contributed by atoms with Crippen LogP contribution in [0, 0.1) is 17.0 Å². The molecule has 0 amide bonds. The van der Waals surface area contributed by atoms with E-state index in [-0.39, 0.29) is 23.6 Å². The van der Waals surface area contributed by atoms with Crippen LogP contribution in [0.5, 0.6) is 5.75 Å². The lowest BCUT2D eigenvalue weighted by molar-refractivity contribution is -0.386. The van der Waals surface area contributed by atoms with Gasteiger partial charge in [-0.15, -0.1) is 0 Å². The average molecular weight is 628 g/mol. The molecule has 0 atom stereocenters. The molecule has 0 N–H and O–H groups in total. The molecule has 0 bridgehead atoms. The average Bonchev–Trinajstić information content (AvgIpc) is 2.83. The Morgan fingerprint density at radius 3 is 2.43 bits per heavy atom. The second-order valence-electron chi connectivity index (χ2n) is 9.58. The van der Waals surface area contributed by atoms with Gasteiger partial charge in [0.15, 0.2) is 0 Å². The molecule has 0 aliphatic rings. The zero-order valence-electron chi connectivity index (χ0n) is 20.7.